The summed E-state index contributed by atoms with van der Waals surface area (Å²) in [4.78, 5) is 8.30. The second-order valence-corrected chi connectivity index (χ2v) is 5.30. The molecule has 0 bridgehead atoms. The van der Waals surface area contributed by atoms with Crippen molar-refractivity contribution in [1.29, 1.82) is 0 Å². The largest absolute Gasteiger partial charge is 0.506 e. The molecular weight excluding hydrogens is 294 g/mol. The summed E-state index contributed by atoms with van der Waals surface area (Å²) in [5.41, 5.74) is 3.20. The van der Waals surface area contributed by atoms with E-state index in [0.717, 1.165) is 16.7 Å². The van der Waals surface area contributed by atoms with Crippen LogP contribution in [0.2, 0.25) is 0 Å². The highest BCUT2D eigenvalue weighted by molar-refractivity contribution is 5.58. The normalized spacial score (nSPS) is 10.7. The minimum atomic E-state index is 0.206. The highest BCUT2D eigenvalue weighted by atomic mass is 16.4. The predicted molar refractivity (Wildman–Crippen MR) is 84.7 cm³/mol. The van der Waals surface area contributed by atoms with Crippen LogP contribution in [0.25, 0.3) is 0 Å². The standard InChI is InChI=1S/C16H17N5O2/c1-9-10(2)15(18-11(3)14(9)22)19-16-21-20-13(23-16)8-12-4-6-17-7-5-12/h4-7,22H,8H2,1-3H3,(H,18,19,21). The Hall–Kier alpha value is -2.96. The summed E-state index contributed by atoms with van der Waals surface area (Å²) in [6, 6.07) is 4.07. The SMILES string of the molecule is Cc1nc(Nc2nnc(Cc3ccncc3)o2)c(C)c(C)c1O. The average molecular weight is 311 g/mol. The number of rotatable bonds is 4. The lowest BCUT2D eigenvalue weighted by atomic mass is 10.1. The van der Waals surface area contributed by atoms with Gasteiger partial charge in [0, 0.05) is 12.4 Å². The molecule has 0 saturated carbocycles. The molecule has 0 aromatic carbocycles. The van der Waals surface area contributed by atoms with Gasteiger partial charge in [-0.25, -0.2) is 4.98 Å². The van der Waals surface area contributed by atoms with E-state index in [0.29, 0.717) is 23.8 Å². The number of hydrogen-bond acceptors (Lipinski definition) is 7. The van der Waals surface area contributed by atoms with Gasteiger partial charge in [0.05, 0.1) is 12.1 Å². The third kappa shape index (κ3) is 3.13. The second kappa shape index (κ2) is 6.04. The zero-order chi connectivity index (χ0) is 16.4. The lowest BCUT2D eigenvalue weighted by Gasteiger charge is -2.11. The summed E-state index contributed by atoms with van der Waals surface area (Å²) >= 11 is 0. The first-order valence-electron chi connectivity index (χ1n) is 7.19. The van der Waals surface area contributed by atoms with Gasteiger partial charge >= 0.3 is 6.01 Å². The monoisotopic (exact) mass is 311 g/mol. The first-order chi connectivity index (χ1) is 11.0. The van der Waals surface area contributed by atoms with Crippen molar-refractivity contribution in [3.63, 3.8) is 0 Å². The summed E-state index contributed by atoms with van der Waals surface area (Å²) in [6.07, 6.45) is 3.98. The van der Waals surface area contributed by atoms with Crippen LogP contribution < -0.4 is 5.32 Å². The average Bonchev–Trinajstić information content (AvgIpc) is 2.98. The van der Waals surface area contributed by atoms with E-state index >= 15 is 0 Å². The van der Waals surface area contributed by atoms with Crippen LogP contribution in [0.4, 0.5) is 11.8 Å². The molecule has 0 atom stereocenters. The highest BCUT2D eigenvalue weighted by Gasteiger charge is 2.14. The number of aromatic hydroxyl groups is 1. The molecule has 0 aliphatic carbocycles. The molecule has 0 unspecified atom stereocenters. The Morgan fingerprint density at radius 2 is 1.83 bits per heavy atom. The number of nitrogens with zero attached hydrogens (tertiary/aromatic N) is 4. The molecule has 0 amide bonds. The van der Waals surface area contributed by atoms with Crippen LogP contribution in [0.15, 0.2) is 28.9 Å². The van der Waals surface area contributed by atoms with E-state index < -0.39 is 0 Å². The molecule has 7 nitrogen and oxygen atoms in total. The molecule has 3 aromatic rings. The van der Waals surface area contributed by atoms with Crippen molar-refractivity contribution in [2.24, 2.45) is 0 Å². The van der Waals surface area contributed by atoms with Gasteiger partial charge in [-0.1, -0.05) is 5.10 Å². The van der Waals surface area contributed by atoms with Crippen molar-refractivity contribution in [3.05, 3.63) is 52.8 Å². The van der Waals surface area contributed by atoms with Crippen molar-refractivity contribution in [1.82, 2.24) is 20.2 Å². The number of aromatic nitrogens is 4. The lowest BCUT2D eigenvalue weighted by Crippen LogP contribution is -2.01. The summed E-state index contributed by atoms with van der Waals surface area (Å²) in [5.74, 6) is 1.30. The van der Waals surface area contributed by atoms with Crippen LogP contribution in [-0.4, -0.2) is 25.3 Å². The van der Waals surface area contributed by atoms with Crippen LogP contribution in [0.3, 0.4) is 0 Å². The number of hydrogen-bond donors (Lipinski definition) is 2. The highest BCUT2D eigenvalue weighted by Crippen LogP contribution is 2.29. The smallest absolute Gasteiger partial charge is 0.321 e. The number of pyridine rings is 2. The zero-order valence-electron chi connectivity index (χ0n) is 13.2. The van der Waals surface area contributed by atoms with Crippen molar-refractivity contribution in [2.45, 2.75) is 27.2 Å². The maximum atomic E-state index is 9.90. The second-order valence-electron chi connectivity index (χ2n) is 5.30. The van der Waals surface area contributed by atoms with E-state index in [4.69, 9.17) is 4.42 Å². The Balaban J connectivity index is 1.80. The third-order valence-electron chi connectivity index (χ3n) is 3.69. The van der Waals surface area contributed by atoms with Crippen LogP contribution in [-0.2, 0) is 6.42 Å². The van der Waals surface area contributed by atoms with Crippen molar-refractivity contribution >= 4 is 11.8 Å². The molecule has 3 heterocycles. The maximum Gasteiger partial charge on any atom is 0.321 e. The number of anilines is 2. The summed E-state index contributed by atoms with van der Waals surface area (Å²) in [5, 5.41) is 20.9. The molecule has 3 aromatic heterocycles. The van der Waals surface area contributed by atoms with Gasteiger partial charge in [-0.15, -0.1) is 5.10 Å². The van der Waals surface area contributed by atoms with Crippen LogP contribution in [0, 0.1) is 20.8 Å². The van der Waals surface area contributed by atoms with E-state index in [2.05, 4.69) is 25.5 Å². The predicted octanol–water partition coefficient (Wildman–Crippen LogP) is 2.82. The molecule has 23 heavy (non-hydrogen) atoms. The Morgan fingerprint density at radius 1 is 1.09 bits per heavy atom. The fourth-order valence-corrected chi connectivity index (χ4v) is 2.20. The summed E-state index contributed by atoms with van der Waals surface area (Å²) in [6.45, 7) is 5.46. The van der Waals surface area contributed by atoms with Crippen molar-refractivity contribution < 1.29 is 9.52 Å². The molecule has 0 saturated heterocycles. The van der Waals surface area contributed by atoms with Gasteiger partial charge in [-0.2, -0.15) is 0 Å². The van der Waals surface area contributed by atoms with Gasteiger partial charge in [0.25, 0.3) is 0 Å². The van der Waals surface area contributed by atoms with Crippen molar-refractivity contribution in [3.8, 4) is 5.75 Å². The molecule has 0 aliphatic rings. The Bertz CT molecular complexity index is 830. The van der Waals surface area contributed by atoms with Gasteiger partial charge in [0.2, 0.25) is 5.89 Å². The summed E-state index contributed by atoms with van der Waals surface area (Å²) < 4.78 is 5.60. The van der Waals surface area contributed by atoms with Gasteiger partial charge in [-0.3, -0.25) is 10.3 Å². The molecule has 3 rings (SSSR count). The maximum absolute atomic E-state index is 9.90. The van der Waals surface area contributed by atoms with Crippen LogP contribution >= 0.6 is 0 Å². The number of nitrogens with one attached hydrogen (secondary N) is 1. The van der Waals surface area contributed by atoms with Crippen LogP contribution in [0.5, 0.6) is 5.75 Å². The first-order valence-corrected chi connectivity index (χ1v) is 7.19. The molecule has 0 spiro atoms. The summed E-state index contributed by atoms with van der Waals surface area (Å²) in [7, 11) is 0. The lowest BCUT2D eigenvalue weighted by molar-refractivity contribution is 0.462. The molecule has 0 aliphatic heterocycles. The van der Waals surface area contributed by atoms with Gasteiger partial charge in [0.15, 0.2) is 0 Å². The first kappa shape index (κ1) is 15.0. The molecule has 0 fully saturated rings. The Kier molecular flexibility index (Phi) is 3.92. The molecule has 118 valence electrons. The molecule has 2 N–H and O–H groups in total. The van der Waals surface area contributed by atoms with E-state index in [1.165, 1.54) is 0 Å². The Labute approximate surface area is 133 Å². The topological polar surface area (TPSA) is 97.0 Å². The molecule has 0 radical (unpaired) electrons. The van der Waals surface area contributed by atoms with Gasteiger partial charge in [0.1, 0.15) is 11.6 Å². The minimum absolute atomic E-state index is 0.206. The molecule has 7 heteroatoms. The van der Waals surface area contributed by atoms with Gasteiger partial charge in [-0.05, 0) is 49.6 Å². The fraction of sp³-hybridized carbons (Fsp3) is 0.250. The van der Waals surface area contributed by atoms with Gasteiger partial charge < -0.3 is 9.52 Å². The minimum Gasteiger partial charge on any atom is -0.506 e. The number of aryl methyl sites for hydroxylation is 1. The van der Waals surface area contributed by atoms with Crippen molar-refractivity contribution in [2.75, 3.05) is 5.32 Å². The van der Waals surface area contributed by atoms with E-state index in [1.54, 1.807) is 19.3 Å². The fourth-order valence-electron chi connectivity index (χ4n) is 2.20. The molecular formula is C16H17N5O2. The third-order valence-corrected chi connectivity index (χ3v) is 3.69. The van der Waals surface area contributed by atoms with E-state index in [9.17, 15) is 5.11 Å². The van der Waals surface area contributed by atoms with E-state index in [-0.39, 0.29) is 11.8 Å². The Morgan fingerprint density at radius 3 is 2.57 bits per heavy atom. The van der Waals surface area contributed by atoms with E-state index in [1.807, 2.05) is 26.0 Å². The van der Waals surface area contributed by atoms with Crippen LogP contribution in [0.1, 0.15) is 28.3 Å². The quantitative estimate of drug-likeness (QED) is 0.764. The zero-order valence-corrected chi connectivity index (χ0v) is 13.2.